The third kappa shape index (κ3) is 5.23. The quantitative estimate of drug-likeness (QED) is 0.449. The summed E-state index contributed by atoms with van der Waals surface area (Å²) in [6.45, 7) is 5.63. The number of β-amino-alcohol motifs (C(OH)–C–C–N with tert-alkyl or cyclic N) is 1. The van der Waals surface area contributed by atoms with Gasteiger partial charge in [-0.15, -0.1) is 0 Å². The third-order valence-electron chi connectivity index (χ3n) is 6.67. The number of aromatic nitrogens is 4. The number of pyridine rings is 2. The number of aliphatic hydroxyl groups excluding tert-OH is 2. The van der Waals surface area contributed by atoms with Crippen LogP contribution in [0.5, 0.6) is 0 Å². The number of nitrogens with zero attached hydrogens (tertiary/aromatic N) is 7. The van der Waals surface area contributed by atoms with E-state index in [1.165, 1.54) is 6.42 Å². The molecule has 1 atom stereocenters. The summed E-state index contributed by atoms with van der Waals surface area (Å²) < 4.78 is 0. The number of nitrogens with one attached hydrogen (secondary N) is 1. The molecule has 0 radical (unpaired) electrons. The zero-order valence-corrected chi connectivity index (χ0v) is 20.5. The van der Waals surface area contributed by atoms with Crippen LogP contribution in [0.25, 0.3) is 10.9 Å². The van der Waals surface area contributed by atoms with Crippen LogP contribution in [0.15, 0.2) is 30.6 Å². The summed E-state index contributed by atoms with van der Waals surface area (Å²) in [6, 6.07) is 5.49. The zero-order valence-electron chi connectivity index (χ0n) is 20.5. The molecule has 1 unspecified atom stereocenters. The Hall–Kier alpha value is -3.41. The van der Waals surface area contributed by atoms with Crippen LogP contribution in [0.1, 0.15) is 38.0 Å². The van der Waals surface area contributed by atoms with Crippen LogP contribution < -0.4 is 15.1 Å². The first-order chi connectivity index (χ1) is 17.5. The highest BCUT2D eigenvalue weighted by Crippen LogP contribution is 2.29. The van der Waals surface area contributed by atoms with Gasteiger partial charge < -0.3 is 25.3 Å². The van der Waals surface area contributed by atoms with Crippen molar-refractivity contribution < 1.29 is 15.0 Å². The largest absolute Gasteiger partial charge is 0.395 e. The van der Waals surface area contributed by atoms with Crippen LogP contribution in [0, 0.1) is 0 Å². The molecule has 0 bridgehead atoms. The summed E-state index contributed by atoms with van der Waals surface area (Å²) in [5.74, 6) is 1.74. The first kappa shape index (κ1) is 24.3. The van der Waals surface area contributed by atoms with E-state index in [1.54, 1.807) is 30.3 Å². The van der Waals surface area contributed by atoms with Crippen LogP contribution in [-0.4, -0.2) is 86.8 Å². The van der Waals surface area contributed by atoms with Crippen LogP contribution in [0.2, 0.25) is 0 Å². The Labute approximate surface area is 209 Å². The lowest BCUT2D eigenvalue weighted by atomic mass is 10.1. The molecule has 2 fully saturated rings. The summed E-state index contributed by atoms with van der Waals surface area (Å²) in [7, 11) is 0. The van der Waals surface area contributed by atoms with Crippen molar-refractivity contribution in [2.24, 2.45) is 0 Å². The van der Waals surface area contributed by atoms with Crippen LogP contribution in [-0.2, 0) is 4.79 Å². The van der Waals surface area contributed by atoms with Crippen molar-refractivity contribution >= 4 is 40.1 Å². The van der Waals surface area contributed by atoms with Gasteiger partial charge in [0.25, 0.3) is 0 Å². The second-order valence-electron chi connectivity index (χ2n) is 9.30. The fraction of sp³-hybridized carbons (Fsp3) is 0.480. The zero-order chi connectivity index (χ0) is 25.1. The van der Waals surface area contributed by atoms with E-state index in [9.17, 15) is 9.90 Å². The number of anilines is 4. The van der Waals surface area contributed by atoms with E-state index in [1.807, 2.05) is 17.0 Å². The number of hydrogen-bond donors (Lipinski definition) is 3. The second kappa shape index (κ2) is 10.7. The normalized spacial score (nSPS) is 18.0. The molecule has 11 nitrogen and oxygen atoms in total. The molecular formula is C25H32N8O3. The third-order valence-corrected chi connectivity index (χ3v) is 6.67. The monoisotopic (exact) mass is 492 g/mol. The van der Waals surface area contributed by atoms with Crippen molar-refractivity contribution in [2.45, 2.75) is 32.3 Å². The average Bonchev–Trinajstić information content (AvgIpc) is 2.89. The molecule has 36 heavy (non-hydrogen) atoms. The minimum Gasteiger partial charge on any atom is -0.395 e. The minimum atomic E-state index is -0.678. The van der Waals surface area contributed by atoms with Gasteiger partial charge in [0.05, 0.1) is 36.8 Å². The summed E-state index contributed by atoms with van der Waals surface area (Å²) in [4.78, 5) is 36.8. The number of rotatable bonds is 7. The molecule has 5 rings (SSSR count). The molecule has 0 aliphatic carbocycles. The lowest BCUT2D eigenvalue weighted by molar-refractivity contribution is -0.121. The Morgan fingerprint density at radius 1 is 1.06 bits per heavy atom. The number of carbonyl (C=O) groups is 1. The van der Waals surface area contributed by atoms with Crippen molar-refractivity contribution in [3.63, 3.8) is 0 Å². The first-order valence-corrected chi connectivity index (χ1v) is 12.5. The molecule has 5 heterocycles. The molecule has 1 amide bonds. The molecule has 2 saturated heterocycles. The van der Waals surface area contributed by atoms with Crippen molar-refractivity contribution in [3.8, 4) is 0 Å². The Balaban J connectivity index is 1.36. The van der Waals surface area contributed by atoms with Gasteiger partial charge >= 0.3 is 0 Å². The predicted molar refractivity (Wildman–Crippen MR) is 137 cm³/mol. The fourth-order valence-corrected chi connectivity index (χ4v) is 4.70. The molecule has 11 heteroatoms. The number of piperazine rings is 1. The van der Waals surface area contributed by atoms with E-state index in [0.29, 0.717) is 37.1 Å². The number of carbonyl (C=O) groups excluding carboxylic acids is 1. The van der Waals surface area contributed by atoms with E-state index in [-0.39, 0.29) is 19.1 Å². The van der Waals surface area contributed by atoms with Crippen LogP contribution in [0.4, 0.5) is 23.3 Å². The molecule has 190 valence electrons. The van der Waals surface area contributed by atoms with Gasteiger partial charge in [0.2, 0.25) is 11.9 Å². The maximum absolute atomic E-state index is 12.5. The van der Waals surface area contributed by atoms with Gasteiger partial charge in [-0.25, -0.2) is 19.9 Å². The highest BCUT2D eigenvalue weighted by atomic mass is 16.3. The number of amides is 1. The molecule has 2 aliphatic rings. The number of fused-ring (bicyclic) bond motifs is 1. The molecule has 3 aromatic heterocycles. The molecule has 3 aromatic rings. The topological polar surface area (TPSA) is 131 Å². The number of aliphatic hydroxyl groups is 2. The number of hydrogen-bond acceptors (Lipinski definition) is 10. The molecule has 0 spiro atoms. The Morgan fingerprint density at radius 3 is 2.58 bits per heavy atom. The summed E-state index contributed by atoms with van der Waals surface area (Å²) in [5, 5.41) is 23.2. The molecule has 2 aliphatic heterocycles. The molecule has 3 N–H and O–H groups in total. The minimum absolute atomic E-state index is 0.00983. The second-order valence-corrected chi connectivity index (χ2v) is 9.30. The molecule has 0 saturated carbocycles. The maximum Gasteiger partial charge on any atom is 0.241 e. The van der Waals surface area contributed by atoms with Gasteiger partial charge in [-0.1, -0.05) is 0 Å². The smallest absolute Gasteiger partial charge is 0.241 e. The van der Waals surface area contributed by atoms with E-state index in [0.717, 1.165) is 48.3 Å². The van der Waals surface area contributed by atoms with Crippen molar-refractivity contribution in [1.82, 2.24) is 24.8 Å². The van der Waals surface area contributed by atoms with E-state index < -0.39 is 6.10 Å². The predicted octanol–water partition coefficient (Wildman–Crippen LogP) is 1.85. The van der Waals surface area contributed by atoms with Crippen LogP contribution >= 0.6 is 0 Å². The first-order valence-electron chi connectivity index (χ1n) is 12.5. The summed E-state index contributed by atoms with van der Waals surface area (Å²) in [6.07, 6.45) is 6.14. The van der Waals surface area contributed by atoms with Gasteiger partial charge in [-0.05, 0) is 44.4 Å². The lowest BCUT2D eigenvalue weighted by Gasteiger charge is -2.33. The lowest BCUT2D eigenvalue weighted by Crippen LogP contribution is -2.51. The van der Waals surface area contributed by atoms with Gasteiger partial charge in [0.15, 0.2) is 5.82 Å². The summed E-state index contributed by atoms with van der Waals surface area (Å²) >= 11 is 0. The fourth-order valence-electron chi connectivity index (χ4n) is 4.70. The maximum atomic E-state index is 12.5. The average molecular weight is 493 g/mol. The van der Waals surface area contributed by atoms with E-state index in [2.05, 4.69) is 20.2 Å². The van der Waals surface area contributed by atoms with Crippen molar-refractivity contribution in [1.29, 1.82) is 0 Å². The van der Waals surface area contributed by atoms with Crippen molar-refractivity contribution in [3.05, 3.63) is 36.3 Å². The van der Waals surface area contributed by atoms with Gasteiger partial charge in [0, 0.05) is 44.3 Å². The Kier molecular flexibility index (Phi) is 7.21. The highest BCUT2D eigenvalue weighted by molar-refractivity contribution is 5.95. The highest BCUT2D eigenvalue weighted by Gasteiger charge is 2.25. The van der Waals surface area contributed by atoms with E-state index >= 15 is 0 Å². The van der Waals surface area contributed by atoms with Gasteiger partial charge in [0.1, 0.15) is 11.3 Å². The SMILES string of the molecule is CC(O)c1cc2cnc(Nc3ccc(N4CCN(CCO)CC4=O)cn3)nc2c(N2CCCCC2)n1. The molecule has 0 aromatic carbocycles. The van der Waals surface area contributed by atoms with Crippen molar-refractivity contribution in [2.75, 3.05) is 61.0 Å². The van der Waals surface area contributed by atoms with E-state index in [4.69, 9.17) is 15.1 Å². The Morgan fingerprint density at radius 2 is 1.89 bits per heavy atom. The van der Waals surface area contributed by atoms with Gasteiger partial charge in [-0.2, -0.15) is 0 Å². The molecular weight excluding hydrogens is 460 g/mol. The Bertz CT molecular complexity index is 1210. The number of piperidine rings is 1. The summed E-state index contributed by atoms with van der Waals surface area (Å²) in [5.41, 5.74) is 2.08. The van der Waals surface area contributed by atoms with Crippen LogP contribution in [0.3, 0.4) is 0 Å². The van der Waals surface area contributed by atoms with Gasteiger partial charge in [-0.3, -0.25) is 9.69 Å². The standard InChI is InChI=1S/C25H32N8O3/c1-17(35)20-13-18-14-27-25(30-23(18)24(28-20)32-7-3-2-4-8-32)29-21-6-5-19(15-26-21)33-10-9-31(11-12-34)16-22(33)36/h5-6,13-15,17,34-35H,2-4,7-12,16H2,1H3,(H,26,27,29,30).